The Bertz CT molecular complexity index is 1330. The van der Waals surface area contributed by atoms with Crippen LogP contribution in [0.3, 0.4) is 0 Å². The zero-order valence-corrected chi connectivity index (χ0v) is 14.4. The van der Waals surface area contributed by atoms with Crippen LogP contribution in [0.4, 0.5) is 0 Å². The highest BCUT2D eigenvalue weighted by Crippen LogP contribution is 2.32. The minimum atomic E-state index is -0.201. The van der Waals surface area contributed by atoms with Crippen LogP contribution in [-0.2, 0) is 0 Å². The molecule has 2 aromatic carbocycles. The van der Waals surface area contributed by atoms with Gasteiger partial charge in [-0.15, -0.1) is 11.3 Å². The molecule has 0 atom stereocenters. The first-order chi connectivity index (χ1) is 12.2. The van der Waals surface area contributed by atoms with Gasteiger partial charge in [0.2, 0.25) is 0 Å². The number of thiophene rings is 1. The van der Waals surface area contributed by atoms with E-state index in [4.69, 9.17) is 16.6 Å². The fourth-order valence-corrected chi connectivity index (χ4v) is 4.26. The van der Waals surface area contributed by atoms with Crippen LogP contribution >= 0.6 is 22.9 Å². The molecule has 0 fully saturated rings. The highest BCUT2D eigenvalue weighted by atomic mass is 35.5. The topological polar surface area (TPSA) is 47.3 Å². The predicted molar refractivity (Wildman–Crippen MR) is 103 cm³/mol. The van der Waals surface area contributed by atoms with Crippen LogP contribution in [0.2, 0.25) is 5.15 Å². The predicted octanol–water partition coefficient (Wildman–Crippen LogP) is 4.78. The Kier molecular flexibility index (Phi) is 3.13. The molecule has 3 heterocycles. The average Bonchev–Trinajstić information content (AvgIpc) is 3.08. The van der Waals surface area contributed by atoms with Crippen molar-refractivity contribution < 1.29 is 0 Å². The van der Waals surface area contributed by atoms with E-state index in [-0.39, 0.29) is 5.56 Å². The first kappa shape index (κ1) is 14.6. The van der Waals surface area contributed by atoms with Crippen molar-refractivity contribution in [3.05, 3.63) is 75.5 Å². The minimum absolute atomic E-state index is 0.201. The van der Waals surface area contributed by atoms with Gasteiger partial charge < -0.3 is 0 Å². The SMILES string of the molecule is O=c1c2c(-c3ccccc3)csc2nc2c3ccccc3c(Cl)nn12. The van der Waals surface area contributed by atoms with Crippen LogP contribution in [0.15, 0.2) is 64.8 Å². The Morgan fingerprint density at radius 3 is 2.48 bits per heavy atom. The monoisotopic (exact) mass is 363 g/mol. The summed E-state index contributed by atoms with van der Waals surface area (Å²) in [5.74, 6) is 0. The van der Waals surface area contributed by atoms with Gasteiger partial charge in [-0.3, -0.25) is 4.79 Å². The van der Waals surface area contributed by atoms with Gasteiger partial charge in [0.25, 0.3) is 5.56 Å². The molecule has 0 saturated heterocycles. The lowest BCUT2D eigenvalue weighted by atomic mass is 10.1. The first-order valence-corrected chi connectivity index (χ1v) is 8.94. The molecule has 5 aromatic rings. The first-order valence-electron chi connectivity index (χ1n) is 7.68. The molecule has 3 aromatic heterocycles. The maximum Gasteiger partial charge on any atom is 0.283 e. The van der Waals surface area contributed by atoms with Crippen molar-refractivity contribution in [3.63, 3.8) is 0 Å². The number of halogens is 1. The molecule has 120 valence electrons. The molecule has 6 heteroatoms. The van der Waals surface area contributed by atoms with Gasteiger partial charge in [0.1, 0.15) is 4.83 Å². The van der Waals surface area contributed by atoms with Crippen LogP contribution in [0.25, 0.3) is 37.8 Å². The van der Waals surface area contributed by atoms with E-state index in [1.165, 1.54) is 15.9 Å². The number of hydrogen-bond donors (Lipinski definition) is 0. The molecular formula is C19H10ClN3OS. The van der Waals surface area contributed by atoms with Crippen LogP contribution in [0.1, 0.15) is 0 Å². The third kappa shape index (κ3) is 2.10. The van der Waals surface area contributed by atoms with Crippen LogP contribution in [-0.4, -0.2) is 14.6 Å². The molecular weight excluding hydrogens is 354 g/mol. The van der Waals surface area contributed by atoms with Crippen molar-refractivity contribution in [2.45, 2.75) is 0 Å². The van der Waals surface area contributed by atoms with E-state index in [2.05, 4.69) is 5.10 Å². The summed E-state index contributed by atoms with van der Waals surface area (Å²) in [4.78, 5) is 18.6. The number of rotatable bonds is 1. The third-order valence-electron chi connectivity index (χ3n) is 4.25. The second-order valence-corrected chi connectivity index (χ2v) is 6.90. The van der Waals surface area contributed by atoms with Crippen molar-refractivity contribution in [2.24, 2.45) is 0 Å². The molecule has 0 bridgehead atoms. The van der Waals surface area contributed by atoms with Crippen molar-refractivity contribution in [1.29, 1.82) is 0 Å². The Hall–Kier alpha value is -2.76. The van der Waals surface area contributed by atoms with Crippen LogP contribution < -0.4 is 5.56 Å². The zero-order chi connectivity index (χ0) is 17.0. The number of nitrogens with zero attached hydrogens (tertiary/aromatic N) is 3. The molecule has 0 aliphatic heterocycles. The van der Waals surface area contributed by atoms with Gasteiger partial charge in [-0.05, 0) is 5.56 Å². The van der Waals surface area contributed by atoms with Gasteiger partial charge >= 0.3 is 0 Å². The Balaban J connectivity index is 1.97. The third-order valence-corrected chi connectivity index (χ3v) is 5.40. The lowest BCUT2D eigenvalue weighted by Gasteiger charge is -2.06. The van der Waals surface area contributed by atoms with E-state index in [1.807, 2.05) is 60.0 Å². The maximum atomic E-state index is 13.1. The molecule has 0 radical (unpaired) electrons. The Morgan fingerprint density at radius 1 is 0.960 bits per heavy atom. The van der Waals surface area contributed by atoms with Gasteiger partial charge in [-0.1, -0.05) is 66.2 Å². The molecule has 0 aliphatic rings. The highest BCUT2D eigenvalue weighted by Gasteiger charge is 2.17. The summed E-state index contributed by atoms with van der Waals surface area (Å²) in [5, 5.41) is 8.72. The molecule has 0 aliphatic carbocycles. The van der Waals surface area contributed by atoms with E-state index in [0.29, 0.717) is 21.0 Å². The smallest absolute Gasteiger partial charge is 0.267 e. The van der Waals surface area contributed by atoms with Crippen molar-refractivity contribution >= 4 is 49.6 Å². The fourth-order valence-electron chi connectivity index (χ4n) is 3.08. The average molecular weight is 364 g/mol. The summed E-state index contributed by atoms with van der Waals surface area (Å²) >= 11 is 7.76. The number of benzene rings is 2. The molecule has 4 nitrogen and oxygen atoms in total. The largest absolute Gasteiger partial charge is 0.283 e. The summed E-state index contributed by atoms with van der Waals surface area (Å²) in [7, 11) is 0. The van der Waals surface area contributed by atoms with E-state index >= 15 is 0 Å². The molecule has 0 unspecified atom stereocenters. The normalized spacial score (nSPS) is 11.6. The van der Waals surface area contributed by atoms with Gasteiger partial charge in [0.15, 0.2) is 10.8 Å². The van der Waals surface area contributed by atoms with E-state index in [1.54, 1.807) is 0 Å². The molecule has 0 amide bonds. The summed E-state index contributed by atoms with van der Waals surface area (Å²) < 4.78 is 1.31. The molecule has 5 rings (SSSR count). The van der Waals surface area contributed by atoms with Gasteiger partial charge in [-0.2, -0.15) is 9.61 Å². The standard InChI is InChI=1S/C19H10ClN3OS/c20-16-12-8-4-5-9-13(12)17-21-18-15(19(24)23(17)22-16)14(10-25-18)11-6-2-1-3-7-11/h1-10H. The second-order valence-electron chi connectivity index (χ2n) is 5.68. The second kappa shape index (κ2) is 5.37. The van der Waals surface area contributed by atoms with Crippen molar-refractivity contribution in [3.8, 4) is 11.1 Å². The minimum Gasteiger partial charge on any atom is -0.267 e. The molecule has 0 spiro atoms. The zero-order valence-electron chi connectivity index (χ0n) is 12.8. The Labute approximate surface area is 150 Å². The molecule has 0 saturated carbocycles. The molecule has 25 heavy (non-hydrogen) atoms. The maximum absolute atomic E-state index is 13.1. The Morgan fingerprint density at radius 2 is 1.68 bits per heavy atom. The lowest BCUT2D eigenvalue weighted by Crippen LogP contribution is -2.18. The van der Waals surface area contributed by atoms with Gasteiger partial charge in [-0.25, -0.2) is 4.98 Å². The van der Waals surface area contributed by atoms with Crippen molar-refractivity contribution in [2.75, 3.05) is 0 Å². The van der Waals surface area contributed by atoms with Crippen LogP contribution in [0.5, 0.6) is 0 Å². The van der Waals surface area contributed by atoms with Crippen LogP contribution in [0, 0.1) is 0 Å². The summed E-state index contributed by atoms with van der Waals surface area (Å²) in [6, 6.07) is 17.4. The van der Waals surface area contributed by atoms with Gasteiger partial charge in [0, 0.05) is 21.7 Å². The van der Waals surface area contributed by atoms with E-state index in [9.17, 15) is 4.79 Å². The van der Waals surface area contributed by atoms with Crippen molar-refractivity contribution in [1.82, 2.24) is 14.6 Å². The number of hydrogen-bond acceptors (Lipinski definition) is 4. The number of aromatic nitrogens is 3. The summed E-state index contributed by atoms with van der Waals surface area (Å²) in [6.07, 6.45) is 0. The lowest BCUT2D eigenvalue weighted by molar-refractivity contribution is 0.894. The molecule has 0 N–H and O–H groups in total. The van der Waals surface area contributed by atoms with E-state index < -0.39 is 0 Å². The van der Waals surface area contributed by atoms with E-state index in [0.717, 1.165) is 21.9 Å². The van der Waals surface area contributed by atoms with Gasteiger partial charge in [0.05, 0.1) is 5.39 Å². The fraction of sp³-hybridized carbons (Fsp3) is 0. The highest BCUT2D eigenvalue weighted by molar-refractivity contribution is 7.17. The quantitative estimate of drug-likeness (QED) is 0.403. The summed E-state index contributed by atoms with van der Waals surface area (Å²) in [5.41, 5.74) is 2.18. The summed E-state index contributed by atoms with van der Waals surface area (Å²) in [6.45, 7) is 0. The number of fused-ring (bicyclic) bond motifs is 4.